The van der Waals surface area contributed by atoms with Gasteiger partial charge in [-0.2, -0.15) is 0 Å². The lowest BCUT2D eigenvalue weighted by atomic mass is 10.1. The minimum absolute atomic E-state index is 0.601. The fraction of sp³-hybridized carbons (Fsp3) is 0.643. The topological polar surface area (TPSA) is 28.2 Å². The Morgan fingerprint density at radius 3 is 2.82 bits per heavy atom. The Hall–Kier alpha value is -0.930. The maximum absolute atomic E-state index is 4.51. The molecule has 1 N–H and O–H groups in total. The molecular weight excluding hydrogens is 210 g/mol. The average Bonchev–Trinajstić information content (AvgIpc) is 2.36. The number of pyridine rings is 1. The molecule has 0 aromatic carbocycles. The van der Waals surface area contributed by atoms with Gasteiger partial charge in [-0.15, -0.1) is 0 Å². The van der Waals surface area contributed by atoms with E-state index in [1.54, 1.807) is 0 Å². The molecule has 3 heteroatoms. The van der Waals surface area contributed by atoms with E-state index in [0.29, 0.717) is 6.04 Å². The smallest absolute Gasteiger partial charge is 0.0588 e. The molecule has 0 aliphatic carbocycles. The van der Waals surface area contributed by atoms with Crippen LogP contribution in [0.2, 0.25) is 0 Å². The van der Waals surface area contributed by atoms with Crippen molar-refractivity contribution in [2.24, 2.45) is 0 Å². The maximum Gasteiger partial charge on any atom is 0.0588 e. The highest BCUT2D eigenvalue weighted by atomic mass is 15.1. The van der Waals surface area contributed by atoms with Crippen molar-refractivity contribution in [3.63, 3.8) is 0 Å². The summed E-state index contributed by atoms with van der Waals surface area (Å²) in [4.78, 5) is 6.87. The zero-order valence-corrected chi connectivity index (χ0v) is 11.5. The maximum atomic E-state index is 4.51. The van der Waals surface area contributed by atoms with Gasteiger partial charge in [0, 0.05) is 25.3 Å². The average molecular weight is 235 g/mol. The molecule has 0 saturated carbocycles. The zero-order chi connectivity index (χ0) is 12.7. The molecule has 0 aliphatic heterocycles. The van der Waals surface area contributed by atoms with Crippen LogP contribution in [0.5, 0.6) is 0 Å². The molecule has 0 bridgehead atoms. The van der Waals surface area contributed by atoms with Gasteiger partial charge in [0.25, 0.3) is 0 Å². The van der Waals surface area contributed by atoms with Gasteiger partial charge in [0.15, 0.2) is 0 Å². The summed E-state index contributed by atoms with van der Waals surface area (Å²) in [6, 6.07) is 4.78. The molecule has 1 aromatic heterocycles. The number of hydrogen-bond acceptors (Lipinski definition) is 3. The van der Waals surface area contributed by atoms with Gasteiger partial charge >= 0.3 is 0 Å². The van der Waals surface area contributed by atoms with Crippen LogP contribution in [0.1, 0.15) is 38.4 Å². The second-order valence-electron chi connectivity index (χ2n) is 4.56. The van der Waals surface area contributed by atoms with Crippen molar-refractivity contribution in [1.82, 2.24) is 15.2 Å². The lowest BCUT2D eigenvalue weighted by Crippen LogP contribution is -2.29. The number of nitrogens with zero attached hydrogens (tertiary/aromatic N) is 2. The van der Waals surface area contributed by atoms with E-state index in [0.717, 1.165) is 19.6 Å². The first kappa shape index (κ1) is 14.1. The molecular formula is C14H25N3. The van der Waals surface area contributed by atoms with Gasteiger partial charge in [-0.25, -0.2) is 0 Å². The Morgan fingerprint density at radius 2 is 2.18 bits per heavy atom. The molecule has 1 aromatic rings. The fourth-order valence-corrected chi connectivity index (χ4v) is 1.74. The highest BCUT2D eigenvalue weighted by molar-refractivity contribution is 5.19. The highest BCUT2D eigenvalue weighted by Crippen LogP contribution is 2.10. The van der Waals surface area contributed by atoms with Crippen LogP contribution in [-0.4, -0.2) is 29.5 Å². The van der Waals surface area contributed by atoms with Crippen molar-refractivity contribution in [1.29, 1.82) is 0 Å². The van der Waals surface area contributed by atoms with E-state index < -0.39 is 0 Å². The Labute approximate surface area is 105 Å². The minimum atomic E-state index is 0.601. The quantitative estimate of drug-likeness (QED) is 0.786. The van der Waals surface area contributed by atoms with Gasteiger partial charge < -0.3 is 5.32 Å². The van der Waals surface area contributed by atoms with Crippen molar-refractivity contribution in [2.75, 3.05) is 13.6 Å². The van der Waals surface area contributed by atoms with E-state index in [2.05, 4.69) is 49.1 Å². The van der Waals surface area contributed by atoms with Gasteiger partial charge in [-0.3, -0.25) is 9.88 Å². The second-order valence-corrected chi connectivity index (χ2v) is 4.56. The number of hydrogen-bond donors (Lipinski definition) is 1. The molecule has 1 atom stereocenters. The second kappa shape index (κ2) is 7.41. The molecule has 0 amide bonds. The monoisotopic (exact) mass is 235 g/mol. The van der Waals surface area contributed by atoms with Gasteiger partial charge in [-0.05, 0) is 38.6 Å². The van der Waals surface area contributed by atoms with E-state index >= 15 is 0 Å². The molecule has 0 radical (unpaired) electrons. The summed E-state index contributed by atoms with van der Waals surface area (Å²) in [6.07, 6.45) is 3.06. The first-order chi connectivity index (χ1) is 8.19. The van der Waals surface area contributed by atoms with E-state index in [1.807, 2.05) is 12.3 Å². The summed E-state index contributed by atoms with van der Waals surface area (Å²) in [6.45, 7) is 9.44. The molecule has 96 valence electrons. The Kier molecular flexibility index (Phi) is 6.16. The van der Waals surface area contributed by atoms with E-state index in [4.69, 9.17) is 0 Å². The molecule has 0 spiro atoms. The first-order valence-electron chi connectivity index (χ1n) is 6.52. The van der Waals surface area contributed by atoms with E-state index in [9.17, 15) is 0 Å². The lowest BCUT2D eigenvalue weighted by Gasteiger charge is -2.24. The molecule has 0 fully saturated rings. The fourth-order valence-electron chi connectivity index (χ4n) is 1.74. The van der Waals surface area contributed by atoms with Crippen LogP contribution < -0.4 is 5.32 Å². The molecule has 1 rings (SSSR count). The zero-order valence-electron chi connectivity index (χ0n) is 11.5. The number of aromatic nitrogens is 1. The molecule has 3 nitrogen and oxygen atoms in total. The number of rotatable bonds is 7. The lowest BCUT2D eigenvalue weighted by molar-refractivity contribution is 0.240. The number of nitrogens with one attached hydrogen (secondary N) is 1. The van der Waals surface area contributed by atoms with Gasteiger partial charge in [0.1, 0.15) is 0 Å². The van der Waals surface area contributed by atoms with Crippen LogP contribution in [0, 0.1) is 0 Å². The van der Waals surface area contributed by atoms with Crippen LogP contribution in [-0.2, 0) is 13.1 Å². The van der Waals surface area contributed by atoms with Crippen molar-refractivity contribution in [3.05, 3.63) is 29.6 Å². The summed E-state index contributed by atoms with van der Waals surface area (Å²) >= 11 is 0. The minimum Gasteiger partial charge on any atom is -0.313 e. The van der Waals surface area contributed by atoms with Crippen molar-refractivity contribution in [2.45, 2.75) is 46.3 Å². The summed E-state index contributed by atoms with van der Waals surface area (Å²) in [7, 11) is 2.17. The van der Waals surface area contributed by atoms with Crippen LogP contribution in [0.4, 0.5) is 0 Å². The third kappa shape index (κ3) is 4.44. The van der Waals surface area contributed by atoms with Crippen LogP contribution >= 0.6 is 0 Å². The van der Waals surface area contributed by atoms with E-state index in [1.165, 1.54) is 17.7 Å². The Bertz CT molecular complexity index is 325. The highest BCUT2D eigenvalue weighted by Gasteiger charge is 2.10. The summed E-state index contributed by atoms with van der Waals surface area (Å²) in [5.41, 5.74) is 2.50. The van der Waals surface area contributed by atoms with Gasteiger partial charge in [0.2, 0.25) is 0 Å². The summed E-state index contributed by atoms with van der Waals surface area (Å²) < 4.78 is 0. The largest absolute Gasteiger partial charge is 0.313 e. The predicted molar refractivity (Wildman–Crippen MR) is 72.8 cm³/mol. The Balaban J connectivity index is 2.68. The van der Waals surface area contributed by atoms with Gasteiger partial charge in [-0.1, -0.05) is 19.9 Å². The predicted octanol–water partition coefficient (Wildman–Crippen LogP) is 2.42. The van der Waals surface area contributed by atoms with Crippen molar-refractivity contribution < 1.29 is 0 Å². The van der Waals surface area contributed by atoms with Gasteiger partial charge in [0.05, 0.1) is 5.69 Å². The third-order valence-corrected chi connectivity index (χ3v) is 3.29. The van der Waals surface area contributed by atoms with E-state index in [-0.39, 0.29) is 0 Å². The normalized spacial score (nSPS) is 13.0. The van der Waals surface area contributed by atoms with Crippen LogP contribution in [0.25, 0.3) is 0 Å². The standard InChI is InChI=1S/C14H25N3/c1-5-12(3)17(4)11-14-13(10-15-6-2)8-7-9-16-14/h7-9,12,15H,5-6,10-11H2,1-4H3. The Morgan fingerprint density at radius 1 is 1.41 bits per heavy atom. The molecule has 1 unspecified atom stereocenters. The molecule has 0 saturated heterocycles. The van der Waals surface area contributed by atoms with Crippen LogP contribution in [0.3, 0.4) is 0 Å². The summed E-state index contributed by atoms with van der Waals surface area (Å²) in [5.74, 6) is 0. The molecule has 0 aliphatic rings. The van der Waals surface area contributed by atoms with Crippen LogP contribution in [0.15, 0.2) is 18.3 Å². The summed E-state index contributed by atoms with van der Waals surface area (Å²) in [5, 5.41) is 3.36. The van der Waals surface area contributed by atoms with Crippen molar-refractivity contribution in [3.8, 4) is 0 Å². The van der Waals surface area contributed by atoms with Crippen molar-refractivity contribution >= 4 is 0 Å². The SMILES string of the molecule is CCNCc1cccnc1CN(C)C(C)CC. The third-order valence-electron chi connectivity index (χ3n) is 3.29. The molecule has 17 heavy (non-hydrogen) atoms. The molecule has 1 heterocycles. The first-order valence-corrected chi connectivity index (χ1v) is 6.52.